The van der Waals surface area contributed by atoms with Gasteiger partial charge in [0.05, 0.1) is 17.7 Å². The highest BCUT2D eigenvalue weighted by atomic mass is 32.2. The molecule has 2 aromatic rings. The number of carbonyl (C=O) groups is 1. The first kappa shape index (κ1) is 17.2. The van der Waals surface area contributed by atoms with Gasteiger partial charge in [-0.3, -0.25) is 4.79 Å². The van der Waals surface area contributed by atoms with Gasteiger partial charge in [0, 0.05) is 18.5 Å². The lowest BCUT2D eigenvalue weighted by atomic mass is 10.2. The molecule has 1 heterocycles. The van der Waals surface area contributed by atoms with Gasteiger partial charge in [-0.15, -0.1) is 0 Å². The second-order valence-corrected chi connectivity index (χ2v) is 7.53. The van der Waals surface area contributed by atoms with Gasteiger partial charge in [-0.25, -0.2) is 18.4 Å². The Balaban J connectivity index is 2.15. The Labute approximate surface area is 145 Å². The number of nitrogen functional groups attached to an aromatic ring is 1. The summed E-state index contributed by atoms with van der Waals surface area (Å²) in [6.45, 7) is 1.16. The zero-order chi connectivity index (χ0) is 18.2. The molecule has 0 bridgehead atoms. The Bertz CT molecular complexity index is 908. The minimum atomic E-state index is -4.17. The van der Waals surface area contributed by atoms with E-state index in [0.29, 0.717) is 15.7 Å². The van der Waals surface area contributed by atoms with Crippen LogP contribution in [0.1, 0.15) is 31.4 Å². The van der Waals surface area contributed by atoms with Crippen molar-refractivity contribution < 1.29 is 17.9 Å². The molecule has 1 amide bonds. The Kier molecular flexibility index (Phi) is 4.34. The molecular weight excluding hydrogens is 344 g/mol. The van der Waals surface area contributed by atoms with Crippen LogP contribution in [-0.2, 0) is 14.8 Å². The lowest BCUT2D eigenvalue weighted by Crippen LogP contribution is -2.36. The molecule has 0 radical (unpaired) electrons. The maximum atomic E-state index is 13.0. The number of sulfonamides is 1. The number of carbonyl (C=O) groups excluding carboxylic acids is 1. The summed E-state index contributed by atoms with van der Waals surface area (Å²) in [5.74, 6) is -0.372. The van der Waals surface area contributed by atoms with E-state index in [4.69, 9.17) is 10.5 Å². The second-order valence-electron chi connectivity index (χ2n) is 5.75. The summed E-state index contributed by atoms with van der Waals surface area (Å²) in [4.78, 5) is 20.3. The lowest BCUT2D eigenvalue weighted by molar-refractivity contribution is -0.115. The number of hydrogen-bond donors (Lipinski definition) is 1. The number of nitrogens with zero attached hydrogens (tertiary/aromatic N) is 3. The van der Waals surface area contributed by atoms with E-state index in [1.54, 1.807) is 0 Å². The van der Waals surface area contributed by atoms with Crippen molar-refractivity contribution in [2.24, 2.45) is 0 Å². The van der Waals surface area contributed by atoms with Crippen molar-refractivity contribution in [1.29, 1.82) is 0 Å². The molecule has 1 saturated carbocycles. The third-order valence-corrected chi connectivity index (χ3v) is 5.66. The highest BCUT2D eigenvalue weighted by Crippen LogP contribution is 2.46. The maximum absolute atomic E-state index is 13.0. The number of hydrogen-bond acceptors (Lipinski definition) is 7. The molecule has 25 heavy (non-hydrogen) atoms. The van der Waals surface area contributed by atoms with E-state index in [0.717, 1.165) is 19.8 Å². The lowest BCUT2D eigenvalue weighted by Gasteiger charge is -2.22. The molecule has 8 nitrogen and oxygen atoms in total. The predicted octanol–water partition coefficient (Wildman–Crippen LogP) is 1.69. The van der Waals surface area contributed by atoms with Crippen LogP contribution in [0.25, 0.3) is 0 Å². The zero-order valence-corrected chi connectivity index (χ0v) is 14.7. The van der Waals surface area contributed by atoms with Crippen LogP contribution in [0.5, 0.6) is 5.75 Å². The summed E-state index contributed by atoms with van der Waals surface area (Å²) in [6, 6.07) is 5.60. The van der Waals surface area contributed by atoms with Gasteiger partial charge in [0.1, 0.15) is 6.33 Å². The van der Waals surface area contributed by atoms with Gasteiger partial charge in [0.25, 0.3) is 10.0 Å². The topological polar surface area (TPSA) is 115 Å². The van der Waals surface area contributed by atoms with Crippen molar-refractivity contribution in [3.05, 3.63) is 36.3 Å². The zero-order valence-electron chi connectivity index (χ0n) is 13.8. The van der Waals surface area contributed by atoms with Crippen LogP contribution >= 0.6 is 0 Å². The van der Waals surface area contributed by atoms with Gasteiger partial charge < -0.3 is 10.5 Å². The number of rotatable bonds is 5. The van der Waals surface area contributed by atoms with Crippen LogP contribution in [0, 0.1) is 0 Å². The van der Waals surface area contributed by atoms with Gasteiger partial charge in [-0.05, 0) is 37.1 Å². The van der Waals surface area contributed by atoms with Crippen molar-refractivity contribution in [2.75, 3.05) is 17.1 Å². The summed E-state index contributed by atoms with van der Waals surface area (Å²) in [5.41, 5.74) is 6.64. The molecule has 1 aliphatic rings. The minimum absolute atomic E-state index is 0.0643. The normalized spacial score (nSPS) is 14.2. The van der Waals surface area contributed by atoms with Crippen molar-refractivity contribution in [3.63, 3.8) is 0 Å². The molecule has 132 valence electrons. The molecule has 1 fully saturated rings. The monoisotopic (exact) mass is 362 g/mol. The number of amides is 1. The summed E-state index contributed by atoms with van der Waals surface area (Å²) in [5, 5.41) is 0. The van der Waals surface area contributed by atoms with Crippen LogP contribution in [0.15, 0.2) is 35.5 Å². The Hall–Kier alpha value is -2.68. The van der Waals surface area contributed by atoms with Crippen molar-refractivity contribution in [2.45, 2.75) is 30.6 Å². The number of anilines is 2. The van der Waals surface area contributed by atoms with Crippen LogP contribution in [-0.4, -0.2) is 31.4 Å². The predicted molar refractivity (Wildman–Crippen MR) is 91.8 cm³/mol. The van der Waals surface area contributed by atoms with E-state index >= 15 is 0 Å². The average molecular weight is 362 g/mol. The largest absolute Gasteiger partial charge is 0.491 e. The number of nitrogens with two attached hydrogens (primary N) is 1. The van der Waals surface area contributed by atoms with E-state index in [-0.39, 0.29) is 22.4 Å². The fraction of sp³-hybridized carbons (Fsp3) is 0.312. The molecule has 9 heteroatoms. The molecular formula is C16H18N4O4S. The van der Waals surface area contributed by atoms with Crippen LogP contribution < -0.4 is 14.8 Å². The highest BCUT2D eigenvalue weighted by Gasteiger charge is 2.36. The number of methoxy groups -OCH3 is 1. The third kappa shape index (κ3) is 3.14. The molecule has 3 rings (SSSR count). The number of benzene rings is 1. The van der Waals surface area contributed by atoms with Gasteiger partial charge in [-0.2, -0.15) is 4.31 Å². The third-order valence-electron chi connectivity index (χ3n) is 3.88. The fourth-order valence-corrected chi connectivity index (χ4v) is 3.93. The number of aromatic nitrogens is 2. The summed E-state index contributed by atoms with van der Waals surface area (Å²) >= 11 is 0. The molecule has 0 saturated heterocycles. The standard InChI is InChI=1S/C16H18N4O4S/c1-10(21)20(25(22,23)13-7-5-12(17)6-8-13)16-15(24-2)14(11-3-4-11)18-9-19-16/h5-9,11H,3-4,17H2,1-2H3. The van der Waals surface area contributed by atoms with Gasteiger partial charge in [0.15, 0.2) is 11.6 Å². The SMILES string of the molecule is COc1c(C2CC2)ncnc1N(C(C)=O)S(=O)(=O)c1ccc(N)cc1. The first-order chi connectivity index (χ1) is 11.9. The maximum Gasteiger partial charge on any atom is 0.272 e. The molecule has 1 aromatic heterocycles. The Morgan fingerprint density at radius 1 is 1.24 bits per heavy atom. The summed E-state index contributed by atoms with van der Waals surface area (Å²) < 4.78 is 32.0. The van der Waals surface area contributed by atoms with E-state index in [1.807, 2.05) is 0 Å². The van der Waals surface area contributed by atoms with Crippen molar-refractivity contribution in [3.8, 4) is 5.75 Å². The average Bonchev–Trinajstić information content (AvgIpc) is 3.39. The fourth-order valence-electron chi connectivity index (χ4n) is 2.54. The van der Waals surface area contributed by atoms with E-state index in [2.05, 4.69) is 9.97 Å². The number of ether oxygens (including phenoxy) is 1. The van der Waals surface area contributed by atoms with Crippen molar-refractivity contribution >= 4 is 27.4 Å². The summed E-state index contributed by atoms with van der Waals surface area (Å²) in [7, 11) is -2.76. The van der Waals surface area contributed by atoms with E-state index in [9.17, 15) is 13.2 Å². The Morgan fingerprint density at radius 2 is 1.88 bits per heavy atom. The molecule has 1 aromatic carbocycles. The first-order valence-corrected chi connectivity index (χ1v) is 9.10. The van der Waals surface area contributed by atoms with Gasteiger partial charge in [-0.1, -0.05) is 0 Å². The second kappa shape index (κ2) is 6.32. The molecule has 0 atom stereocenters. The van der Waals surface area contributed by atoms with Gasteiger partial charge in [0.2, 0.25) is 5.91 Å². The molecule has 0 unspecified atom stereocenters. The van der Waals surface area contributed by atoms with Gasteiger partial charge >= 0.3 is 0 Å². The smallest absolute Gasteiger partial charge is 0.272 e. The van der Waals surface area contributed by atoms with E-state index < -0.39 is 15.9 Å². The van der Waals surface area contributed by atoms with Crippen molar-refractivity contribution in [1.82, 2.24) is 9.97 Å². The summed E-state index contributed by atoms with van der Waals surface area (Å²) in [6.07, 6.45) is 3.13. The molecule has 1 aliphatic carbocycles. The van der Waals surface area contributed by atoms with Crippen LogP contribution in [0.3, 0.4) is 0 Å². The van der Waals surface area contributed by atoms with Crippen LogP contribution in [0.2, 0.25) is 0 Å². The molecule has 0 aliphatic heterocycles. The first-order valence-electron chi connectivity index (χ1n) is 7.66. The quantitative estimate of drug-likeness (QED) is 0.805. The Morgan fingerprint density at radius 3 is 2.40 bits per heavy atom. The minimum Gasteiger partial charge on any atom is -0.491 e. The van der Waals surface area contributed by atoms with Crippen LogP contribution in [0.4, 0.5) is 11.5 Å². The molecule has 0 spiro atoms. The highest BCUT2D eigenvalue weighted by molar-refractivity contribution is 7.93. The van der Waals surface area contributed by atoms with E-state index in [1.165, 1.54) is 37.7 Å². The molecule has 2 N–H and O–H groups in total.